The van der Waals surface area contributed by atoms with Crippen molar-refractivity contribution in [1.82, 2.24) is 29.5 Å². The lowest BCUT2D eigenvalue weighted by Crippen LogP contribution is -2.49. The van der Waals surface area contributed by atoms with E-state index in [0.29, 0.717) is 16.5 Å². The zero-order valence-corrected chi connectivity index (χ0v) is 15.5. The second-order valence-corrected chi connectivity index (χ2v) is 7.01. The van der Waals surface area contributed by atoms with Crippen molar-refractivity contribution in [2.45, 2.75) is 6.92 Å². The summed E-state index contributed by atoms with van der Waals surface area (Å²) in [4.78, 5) is 41.1. The van der Waals surface area contributed by atoms with E-state index in [-0.39, 0.29) is 18.0 Å². The van der Waals surface area contributed by atoms with Crippen LogP contribution in [-0.2, 0) is 4.79 Å². The van der Waals surface area contributed by atoms with Crippen LogP contribution in [0.15, 0.2) is 28.6 Å². The number of hydrogen-bond acceptors (Lipinski definition) is 9. The minimum absolute atomic E-state index is 0.128. The maximum Gasteiger partial charge on any atom is 0.295 e. The number of nitrogens with one attached hydrogen (secondary N) is 1. The zero-order valence-electron chi connectivity index (χ0n) is 14.7. The fourth-order valence-electron chi connectivity index (χ4n) is 2.87. The molecular formula is C16H18N8O2S. The van der Waals surface area contributed by atoms with Crippen LogP contribution in [0.4, 0.5) is 11.8 Å². The van der Waals surface area contributed by atoms with Crippen molar-refractivity contribution < 1.29 is 4.79 Å². The van der Waals surface area contributed by atoms with Crippen molar-refractivity contribution in [3.05, 3.63) is 39.9 Å². The molecule has 27 heavy (non-hydrogen) atoms. The van der Waals surface area contributed by atoms with Gasteiger partial charge < -0.3 is 10.2 Å². The molecule has 10 nitrogen and oxygen atoms in total. The molecular weight excluding hydrogens is 368 g/mol. The second-order valence-electron chi connectivity index (χ2n) is 6.18. The molecule has 0 bridgehead atoms. The number of aryl methyl sites for hydroxylation is 1. The number of hydrogen-bond donors (Lipinski definition) is 1. The topological polar surface area (TPSA) is 109 Å². The third kappa shape index (κ3) is 3.78. The number of rotatable bonds is 4. The molecule has 3 aromatic heterocycles. The van der Waals surface area contributed by atoms with Gasteiger partial charge in [-0.25, -0.2) is 9.97 Å². The minimum Gasteiger partial charge on any atom is -0.338 e. The van der Waals surface area contributed by atoms with Crippen molar-refractivity contribution in [3.8, 4) is 0 Å². The monoisotopic (exact) mass is 386 g/mol. The molecule has 4 rings (SSSR count). The van der Waals surface area contributed by atoms with E-state index in [1.807, 2.05) is 0 Å². The zero-order chi connectivity index (χ0) is 18.8. The van der Waals surface area contributed by atoms with Gasteiger partial charge in [0.25, 0.3) is 5.56 Å². The van der Waals surface area contributed by atoms with E-state index in [1.54, 1.807) is 30.8 Å². The van der Waals surface area contributed by atoms with Crippen molar-refractivity contribution in [2.75, 3.05) is 42.9 Å². The van der Waals surface area contributed by atoms with Crippen LogP contribution >= 0.6 is 11.3 Å². The van der Waals surface area contributed by atoms with Crippen LogP contribution < -0.4 is 15.8 Å². The number of carbonyl (C=O) groups excluding carboxylic acids is 1. The smallest absolute Gasteiger partial charge is 0.295 e. The van der Waals surface area contributed by atoms with E-state index in [4.69, 9.17) is 0 Å². The molecule has 0 spiro atoms. The van der Waals surface area contributed by atoms with Crippen LogP contribution in [0.2, 0.25) is 0 Å². The highest BCUT2D eigenvalue weighted by atomic mass is 32.1. The van der Waals surface area contributed by atoms with E-state index in [1.165, 1.54) is 15.9 Å². The van der Waals surface area contributed by atoms with Gasteiger partial charge in [-0.2, -0.15) is 14.6 Å². The molecule has 0 unspecified atom stereocenters. The minimum atomic E-state index is -0.352. The van der Waals surface area contributed by atoms with Gasteiger partial charge in [0, 0.05) is 44.0 Å². The number of nitrogens with zero attached hydrogens (tertiary/aromatic N) is 7. The predicted octanol–water partition coefficient (Wildman–Crippen LogP) is 0.0101. The van der Waals surface area contributed by atoms with Gasteiger partial charge >= 0.3 is 0 Å². The Balaban J connectivity index is 1.35. The largest absolute Gasteiger partial charge is 0.338 e. The highest BCUT2D eigenvalue weighted by molar-refractivity contribution is 7.15. The lowest BCUT2D eigenvalue weighted by molar-refractivity contribution is -0.117. The average Bonchev–Trinajstić information content (AvgIpc) is 3.05. The lowest BCUT2D eigenvalue weighted by Gasteiger charge is -2.34. The summed E-state index contributed by atoms with van der Waals surface area (Å²) in [5.74, 6) is 1.11. The summed E-state index contributed by atoms with van der Waals surface area (Å²) in [6.07, 6.45) is 3.46. The van der Waals surface area contributed by atoms with Crippen molar-refractivity contribution >= 4 is 34.0 Å². The molecule has 140 valence electrons. The Bertz CT molecular complexity index is 1010. The number of aromatic nitrogens is 5. The molecule has 1 aliphatic rings. The fraction of sp³-hybridized carbons (Fsp3) is 0.375. The number of amides is 1. The molecule has 4 heterocycles. The third-order valence-corrected chi connectivity index (χ3v) is 5.10. The molecule has 1 saturated heterocycles. The highest BCUT2D eigenvalue weighted by Gasteiger charge is 2.21. The van der Waals surface area contributed by atoms with Gasteiger partial charge in [-0.05, 0) is 13.0 Å². The lowest BCUT2D eigenvalue weighted by atomic mass is 10.3. The highest BCUT2D eigenvalue weighted by Crippen LogP contribution is 2.17. The first-order valence-electron chi connectivity index (χ1n) is 8.49. The summed E-state index contributed by atoms with van der Waals surface area (Å²) in [5.41, 5.74) is -0.0596. The normalized spacial score (nSPS) is 15.2. The van der Waals surface area contributed by atoms with Gasteiger partial charge in [0.1, 0.15) is 11.5 Å². The van der Waals surface area contributed by atoms with E-state index >= 15 is 0 Å². The fourth-order valence-corrected chi connectivity index (χ4v) is 3.62. The van der Waals surface area contributed by atoms with Gasteiger partial charge in [0.15, 0.2) is 0 Å². The standard InChI is InChI=1S/C16H18N8O2S/c1-11-14(26)20-16-24(21-11)12(10-27-16)19-13(25)9-22-5-7-23(8-6-22)15-17-3-2-4-18-15/h2-4,10H,5-9H2,1H3,(H,19,25). The number of carbonyl (C=O) groups is 1. The summed E-state index contributed by atoms with van der Waals surface area (Å²) in [7, 11) is 0. The first-order chi connectivity index (χ1) is 13.1. The maximum absolute atomic E-state index is 12.4. The molecule has 11 heteroatoms. The quantitative estimate of drug-likeness (QED) is 0.668. The SMILES string of the molecule is Cc1nn2c(NC(=O)CN3CCN(c4ncccn4)CC3)csc2nc1=O. The first kappa shape index (κ1) is 17.5. The average molecular weight is 386 g/mol. The van der Waals surface area contributed by atoms with Crippen molar-refractivity contribution in [3.63, 3.8) is 0 Å². The predicted molar refractivity (Wildman–Crippen MR) is 101 cm³/mol. The Labute approximate surface area is 158 Å². The van der Waals surface area contributed by atoms with Gasteiger partial charge in [-0.1, -0.05) is 0 Å². The molecule has 0 aliphatic carbocycles. The van der Waals surface area contributed by atoms with Crippen LogP contribution in [0, 0.1) is 6.92 Å². The summed E-state index contributed by atoms with van der Waals surface area (Å²) in [6, 6.07) is 1.79. The van der Waals surface area contributed by atoms with Crippen LogP contribution in [0.3, 0.4) is 0 Å². The van der Waals surface area contributed by atoms with Crippen LogP contribution in [0.5, 0.6) is 0 Å². The van der Waals surface area contributed by atoms with Gasteiger partial charge in [-0.3, -0.25) is 14.5 Å². The first-order valence-corrected chi connectivity index (χ1v) is 9.37. The number of thiazole rings is 1. The molecule has 1 N–H and O–H groups in total. The molecule has 1 aliphatic heterocycles. The Morgan fingerprint density at radius 2 is 1.96 bits per heavy atom. The molecule has 1 amide bonds. The van der Waals surface area contributed by atoms with Crippen molar-refractivity contribution in [2.24, 2.45) is 0 Å². The Kier molecular flexibility index (Phi) is 4.77. The summed E-state index contributed by atoms with van der Waals surface area (Å²) >= 11 is 1.26. The van der Waals surface area contributed by atoms with E-state index in [0.717, 1.165) is 32.1 Å². The molecule has 1 fully saturated rings. The van der Waals surface area contributed by atoms with Gasteiger partial charge in [0.2, 0.25) is 16.8 Å². The Morgan fingerprint density at radius 3 is 2.70 bits per heavy atom. The molecule has 0 atom stereocenters. The third-order valence-electron chi connectivity index (χ3n) is 4.28. The van der Waals surface area contributed by atoms with E-state index in [2.05, 4.69) is 35.2 Å². The van der Waals surface area contributed by atoms with Gasteiger partial charge in [-0.15, -0.1) is 11.3 Å². The van der Waals surface area contributed by atoms with Gasteiger partial charge in [0.05, 0.1) is 6.54 Å². The van der Waals surface area contributed by atoms with E-state index in [9.17, 15) is 9.59 Å². The van der Waals surface area contributed by atoms with Crippen LogP contribution in [0.25, 0.3) is 4.96 Å². The number of piperazine rings is 1. The molecule has 0 aromatic carbocycles. The molecule has 3 aromatic rings. The van der Waals surface area contributed by atoms with Crippen molar-refractivity contribution in [1.29, 1.82) is 0 Å². The molecule has 0 saturated carbocycles. The number of fused-ring (bicyclic) bond motifs is 1. The van der Waals surface area contributed by atoms with Crippen LogP contribution in [0.1, 0.15) is 5.69 Å². The second kappa shape index (κ2) is 7.37. The Hall–Kier alpha value is -2.92. The summed E-state index contributed by atoms with van der Waals surface area (Å²) in [5, 5.41) is 8.77. The maximum atomic E-state index is 12.4. The summed E-state index contributed by atoms with van der Waals surface area (Å²) in [6.45, 7) is 4.92. The van der Waals surface area contributed by atoms with E-state index < -0.39 is 0 Å². The summed E-state index contributed by atoms with van der Waals surface area (Å²) < 4.78 is 1.49. The molecule has 0 radical (unpaired) electrons. The van der Waals surface area contributed by atoms with Crippen LogP contribution in [-0.4, -0.2) is 68.1 Å². The number of anilines is 2. The Morgan fingerprint density at radius 1 is 1.22 bits per heavy atom.